The molecule has 1 aliphatic rings. The summed E-state index contributed by atoms with van der Waals surface area (Å²) in [5.41, 5.74) is 7.60. The second-order valence-electron chi connectivity index (χ2n) is 4.47. The van der Waals surface area contributed by atoms with E-state index in [1.165, 1.54) is 12.8 Å². The third-order valence-corrected chi connectivity index (χ3v) is 3.27. The first-order valence-electron chi connectivity index (χ1n) is 5.90. The molecule has 2 aromatic rings. The van der Waals surface area contributed by atoms with Crippen LogP contribution in [0.4, 0.5) is 0 Å². The largest absolute Gasteiger partial charge is 0.370 e. The standard InChI is InChI=1S/C12H14BrN5.HI/c13-8-1-4-11-16-10(7-18(11)6-8)5-15-12(14)17-9-2-3-9;/h1,4,6-7,9H,2-3,5H2,(H3,14,15,17);1H. The number of guanidine groups is 1. The summed E-state index contributed by atoms with van der Waals surface area (Å²) in [6, 6.07) is 4.47. The lowest BCUT2D eigenvalue weighted by molar-refractivity contribution is 0.874. The summed E-state index contributed by atoms with van der Waals surface area (Å²) >= 11 is 3.43. The molecule has 3 N–H and O–H groups in total. The maximum Gasteiger partial charge on any atom is 0.189 e. The van der Waals surface area contributed by atoms with E-state index in [0.717, 1.165) is 15.8 Å². The monoisotopic (exact) mass is 435 g/mol. The second-order valence-corrected chi connectivity index (χ2v) is 5.38. The number of rotatable bonds is 3. The molecule has 1 saturated carbocycles. The van der Waals surface area contributed by atoms with Gasteiger partial charge in [-0.25, -0.2) is 9.98 Å². The number of hydrogen-bond donors (Lipinski definition) is 2. The zero-order valence-corrected chi connectivity index (χ0v) is 14.1. The van der Waals surface area contributed by atoms with Crippen LogP contribution in [0.5, 0.6) is 0 Å². The number of aliphatic imine (C=N–C) groups is 1. The van der Waals surface area contributed by atoms with Gasteiger partial charge in [0.1, 0.15) is 5.65 Å². The first-order chi connectivity index (χ1) is 8.70. The number of pyridine rings is 1. The average molecular weight is 436 g/mol. The molecule has 0 aliphatic heterocycles. The normalized spacial score (nSPS) is 15.3. The summed E-state index contributed by atoms with van der Waals surface area (Å²) in [4.78, 5) is 8.76. The molecule has 0 unspecified atom stereocenters. The number of halogens is 2. The molecule has 0 radical (unpaired) electrons. The van der Waals surface area contributed by atoms with Gasteiger partial charge in [0, 0.05) is 22.9 Å². The Hall–Kier alpha value is -0.830. The number of nitrogens with one attached hydrogen (secondary N) is 1. The van der Waals surface area contributed by atoms with E-state index in [1.807, 2.05) is 28.9 Å². The smallest absolute Gasteiger partial charge is 0.189 e. The summed E-state index contributed by atoms with van der Waals surface area (Å²) in [5.74, 6) is 0.510. The van der Waals surface area contributed by atoms with E-state index in [2.05, 4.69) is 31.2 Å². The van der Waals surface area contributed by atoms with Crippen molar-refractivity contribution in [1.29, 1.82) is 0 Å². The van der Waals surface area contributed by atoms with E-state index in [4.69, 9.17) is 5.73 Å². The highest BCUT2D eigenvalue weighted by molar-refractivity contribution is 14.0. The predicted molar refractivity (Wildman–Crippen MR) is 89.8 cm³/mol. The minimum absolute atomic E-state index is 0. The van der Waals surface area contributed by atoms with Crippen molar-refractivity contribution in [2.24, 2.45) is 10.7 Å². The van der Waals surface area contributed by atoms with E-state index in [0.29, 0.717) is 18.5 Å². The SMILES string of the molecule is I.NC(=NCc1cn2cc(Br)ccc2n1)NC1CC1. The highest BCUT2D eigenvalue weighted by Crippen LogP contribution is 2.18. The van der Waals surface area contributed by atoms with Crippen LogP contribution in [0.1, 0.15) is 18.5 Å². The lowest BCUT2D eigenvalue weighted by Crippen LogP contribution is -2.33. The lowest BCUT2D eigenvalue weighted by Gasteiger charge is -2.01. The highest BCUT2D eigenvalue weighted by atomic mass is 127. The molecular weight excluding hydrogens is 421 g/mol. The molecule has 102 valence electrons. The van der Waals surface area contributed by atoms with Gasteiger partial charge in [0.15, 0.2) is 5.96 Å². The van der Waals surface area contributed by atoms with Crippen molar-refractivity contribution >= 4 is 51.5 Å². The van der Waals surface area contributed by atoms with Gasteiger partial charge in [0.25, 0.3) is 0 Å². The highest BCUT2D eigenvalue weighted by Gasteiger charge is 2.21. The summed E-state index contributed by atoms with van der Waals surface area (Å²) in [5, 5.41) is 3.15. The second kappa shape index (κ2) is 6.08. The Balaban J connectivity index is 0.00000133. The Morgan fingerprint density at radius 1 is 1.47 bits per heavy atom. The summed E-state index contributed by atoms with van der Waals surface area (Å²) in [6.07, 6.45) is 6.33. The summed E-state index contributed by atoms with van der Waals surface area (Å²) in [6.45, 7) is 0.505. The van der Waals surface area contributed by atoms with Crippen molar-refractivity contribution in [1.82, 2.24) is 14.7 Å². The average Bonchev–Trinajstić information content (AvgIpc) is 3.04. The van der Waals surface area contributed by atoms with Gasteiger partial charge >= 0.3 is 0 Å². The van der Waals surface area contributed by atoms with Gasteiger partial charge in [-0.15, -0.1) is 24.0 Å². The van der Waals surface area contributed by atoms with Crippen molar-refractivity contribution in [2.75, 3.05) is 0 Å². The van der Waals surface area contributed by atoms with Crippen LogP contribution >= 0.6 is 39.9 Å². The summed E-state index contributed by atoms with van der Waals surface area (Å²) in [7, 11) is 0. The Morgan fingerprint density at radius 2 is 2.26 bits per heavy atom. The van der Waals surface area contributed by atoms with E-state index < -0.39 is 0 Å². The number of aromatic nitrogens is 2. The van der Waals surface area contributed by atoms with Crippen LogP contribution in [0, 0.1) is 0 Å². The fourth-order valence-corrected chi connectivity index (χ4v) is 2.09. The van der Waals surface area contributed by atoms with Gasteiger partial charge in [-0.1, -0.05) is 0 Å². The number of imidazole rings is 1. The van der Waals surface area contributed by atoms with Gasteiger partial charge in [-0.3, -0.25) is 0 Å². The topological polar surface area (TPSA) is 67.7 Å². The molecule has 7 heteroatoms. The molecule has 0 aromatic carbocycles. The predicted octanol–water partition coefficient (Wildman–Crippen LogP) is 2.28. The Labute approximate surface area is 136 Å². The fourth-order valence-electron chi connectivity index (χ4n) is 1.74. The number of nitrogens with zero attached hydrogens (tertiary/aromatic N) is 3. The van der Waals surface area contributed by atoms with Crippen molar-refractivity contribution in [3.63, 3.8) is 0 Å². The molecule has 1 aliphatic carbocycles. The van der Waals surface area contributed by atoms with Crippen LogP contribution in [0.25, 0.3) is 5.65 Å². The molecule has 2 heterocycles. The molecule has 0 bridgehead atoms. The zero-order chi connectivity index (χ0) is 12.5. The van der Waals surface area contributed by atoms with Crippen LogP contribution in [0.2, 0.25) is 0 Å². The van der Waals surface area contributed by atoms with Crippen LogP contribution in [0.15, 0.2) is 34.0 Å². The minimum Gasteiger partial charge on any atom is -0.370 e. The third kappa shape index (κ3) is 3.82. The number of hydrogen-bond acceptors (Lipinski definition) is 2. The van der Waals surface area contributed by atoms with Crippen LogP contribution in [-0.2, 0) is 6.54 Å². The minimum atomic E-state index is 0. The van der Waals surface area contributed by atoms with E-state index in [9.17, 15) is 0 Å². The van der Waals surface area contributed by atoms with Gasteiger partial charge < -0.3 is 15.5 Å². The molecule has 1 fully saturated rings. The Bertz CT molecular complexity index is 605. The maximum absolute atomic E-state index is 5.78. The first kappa shape index (κ1) is 14.6. The van der Waals surface area contributed by atoms with Gasteiger partial charge in [-0.05, 0) is 40.9 Å². The molecule has 2 aromatic heterocycles. The zero-order valence-electron chi connectivity index (χ0n) is 10.2. The van der Waals surface area contributed by atoms with Gasteiger partial charge in [0.2, 0.25) is 0 Å². The van der Waals surface area contributed by atoms with Crippen molar-refractivity contribution in [3.8, 4) is 0 Å². The maximum atomic E-state index is 5.78. The molecule has 0 spiro atoms. The number of fused-ring (bicyclic) bond motifs is 1. The van der Waals surface area contributed by atoms with Gasteiger partial charge in [0.05, 0.1) is 12.2 Å². The molecule has 0 saturated heterocycles. The quantitative estimate of drug-likeness (QED) is 0.441. The molecule has 0 atom stereocenters. The van der Waals surface area contributed by atoms with Gasteiger partial charge in [-0.2, -0.15) is 0 Å². The molecule has 19 heavy (non-hydrogen) atoms. The van der Waals surface area contributed by atoms with E-state index in [-0.39, 0.29) is 24.0 Å². The third-order valence-electron chi connectivity index (χ3n) is 2.81. The van der Waals surface area contributed by atoms with Crippen LogP contribution < -0.4 is 11.1 Å². The molecular formula is C12H15BrIN5. The Kier molecular flexibility index (Phi) is 4.67. The molecule has 0 amide bonds. The first-order valence-corrected chi connectivity index (χ1v) is 6.69. The van der Waals surface area contributed by atoms with E-state index >= 15 is 0 Å². The van der Waals surface area contributed by atoms with Crippen LogP contribution in [-0.4, -0.2) is 21.4 Å². The van der Waals surface area contributed by atoms with Crippen LogP contribution in [0.3, 0.4) is 0 Å². The molecule has 3 rings (SSSR count). The van der Waals surface area contributed by atoms with Crippen molar-refractivity contribution < 1.29 is 0 Å². The van der Waals surface area contributed by atoms with E-state index in [1.54, 1.807) is 0 Å². The lowest BCUT2D eigenvalue weighted by atomic mass is 10.5. The summed E-state index contributed by atoms with van der Waals surface area (Å²) < 4.78 is 3.00. The molecule has 5 nitrogen and oxygen atoms in total. The number of nitrogens with two attached hydrogens (primary N) is 1. The van der Waals surface area contributed by atoms with Crippen molar-refractivity contribution in [3.05, 3.63) is 34.7 Å². The Morgan fingerprint density at radius 3 is 3.00 bits per heavy atom. The van der Waals surface area contributed by atoms with Crippen molar-refractivity contribution in [2.45, 2.75) is 25.4 Å². The fraction of sp³-hybridized carbons (Fsp3) is 0.333.